The van der Waals surface area contributed by atoms with Crippen LogP contribution in [-0.2, 0) is 10.0 Å². The molecule has 0 aliphatic rings. The summed E-state index contributed by atoms with van der Waals surface area (Å²) in [5.74, 6) is 0. The molecular weight excluding hydrogens is 262 g/mol. The highest BCUT2D eigenvalue weighted by molar-refractivity contribution is 7.92. The lowest BCUT2D eigenvalue weighted by molar-refractivity contribution is 0.601. The molecule has 0 bridgehead atoms. The maximum atomic E-state index is 12.3. The van der Waals surface area contributed by atoms with Gasteiger partial charge in [0, 0.05) is 25.1 Å². The summed E-state index contributed by atoms with van der Waals surface area (Å²) >= 11 is 0. The van der Waals surface area contributed by atoms with Gasteiger partial charge in [-0.2, -0.15) is 0 Å². The summed E-state index contributed by atoms with van der Waals surface area (Å²) in [5, 5.41) is 2.84. The Bertz CT molecular complexity index is 684. The number of aryl methyl sites for hydroxylation is 1. The Balaban J connectivity index is 2.38. The molecule has 0 saturated heterocycles. The van der Waals surface area contributed by atoms with Crippen molar-refractivity contribution in [1.29, 1.82) is 0 Å². The van der Waals surface area contributed by atoms with Crippen molar-refractivity contribution in [2.24, 2.45) is 0 Å². The maximum Gasteiger partial charge on any atom is 0.265 e. The molecule has 0 aliphatic heterocycles. The first-order chi connectivity index (χ1) is 9.03. The first-order valence-corrected chi connectivity index (χ1v) is 7.22. The molecule has 5 nitrogen and oxygen atoms in total. The van der Waals surface area contributed by atoms with Crippen LogP contribution in [0.25, 0.3) is 0 Å². The molecule has 0 spiro atoms. The monoisotopic (exact) mass is 277 g/mol. The van der Waals surface area contributed by atoms with Crippen LogP contribution in [0.1, 0.15) is 5.56 Å². The van der Waals surface area contributed by atoms with E-state index in [0.717, 1.165) is 5.56 Å². The zero-order valence-corrected chi connectivity index (χ0v) is 11.5. The first-order valence-electron chi connectivity index (χ1n) is 5.74. The number of aromatic nitrogens is 1. The number of benzene rings is 1. The fourth-order valence-corrected chi connectivity index (χ4v) is 2.93. The van der Waals surface area contributed by atoms with E-state index in [2.05, 4.69) is 15.0 Å². The van der Waals surface area contributed by atoms with Gasteiger partial charge in [-0.3, -0.25) is 9.71 Å². The second kappa shape index (κ2) is 5.27. The predicted octanol–water partition coefficient (Wildman–Crippen LogP) is 2.23. The Morgan fingerprint density at radius 2 is 2.00 bits per heavy atom. The van der Waals surface area contributed by atoms with Gasteiger partial charge in [-0.15, -0.1) is 0 Å². The minimum Gasteiger partial charge on any atom is -0.387 e. The Morgan fingerprint density at radius 3 is 2.68 bits per heavy atom. The molecule has 0 amide bonds. The van der Waals surface area contributed by atoms with Crippen molar-refractivity contribution in [2.75, 3.05) is 17.1 Å². The van der Waals surface area contributed by atoms with Crippen LogP contribution < -0.4 is 10.0 Å². The van der Waals surface area contributed by atoms with Crippen molar-refractivity contribution in [3.05, 3.63) is 48.3 Å². The molecule has 0 unspecified atom stereocenters. The van der Waals surface area contributed by atoms with E-state index in [-0.39, 0.29) is 4.90 Å². The van der Waals surface area contributed by atoms with E-state index in [1.807, 2.05) is 13.0 Å². The van der Waals surface area contributed by atoms with Crippen LogP contribution in [0.2, 0.25) is 0 Å². The highest BCUT2D eigenvalue weighted by Gasteiger charge is 2.18. The average Bonchev–Trinajstić information content (AvgIpc) is 2.38. The topological polar surface area (TPSA) is 71.1 Å². The number of hydrogen-bond donors (Lipinski definition) is 2. The van der Waals surface area contributed by atoms with E-state index >= 15 is 0 Å². The van der Waals surface area contributed by atoms with Gasteiger partial charge in [-0.05, 0) is 30.7 Å². The third-order valence-electron chi connectivity index (χ3n) is 2.61. The van der Waals surface area contributed by atoms with Crippen LogP contribution in [0.5, 0.6) is 0 Å². The summed E-state index contributed by atoms with van der Waals surface area (Å²) in [5.41, 5.74) is 2.03. The van der Waals surface area contributed by atoms with Crippen LogP contribution in [0.3, 0.4) is 0 Å². The van der Waals surface area contributed by atoms with Gasteiger partial charge in [0.25, 0.3) is 10.0 Å². The van der Waals surface area contributed by atoms with Crippen molar-refractivity contribution >= 4 is 21.4 Å². The number of pyridine rings is 1. The number of anilines is 2. The van der Waals surface area contributed by atoms with E-state index in [9.17, 15) is 8.42 Å². The molecule has 1 aromatic heterocycles. The zero-order chi connectivity index (χ0) is 13.9. The van der Waals surface area contributed by atoms with Crippen molar-refractivity contribution < 1.29 is 8.42 Å². The third kappa shape index (κ3) is 3.03. The average molecular weight is 277 g/mol. The van der Waals surface area contributed by atoms with Gasteiger partial charge >= 0.3 is 0 Å². The summed E-state index contributed by atoms with van der Waals surface area (Å²) in [6, 6.07) is 8.80. The minimum atomic E-state index is -3.65. The van der Waals surface area contributed by atoms with E-state index in [4.69, 9.17) is 0 Å². The Morgan fingerprint density at radius 1 is 1.21 bits per heavy atom. The van der Waals surface area contributed by atoms with Crippen molar-refractivity contribution in [2.45, 2.75) is 11.8 Å². The Labute approximate surface area is 112 Å². The van der Waals surface area contributed by atoms with Crippen molar-refractivity contribution in [1.82, 2.24) is 4.98 Å². The van der Waals surface area contributed by atoms with Gasteiger partial charge in [0.05, 0.1) is 5.69 Å². The molecule has 6 heteroatoms. The van der Waals surface area contributed by atoms with Gasteiger partial charge in [-0.25, -0.2) is 8.42 Å². The molecule has 0 atom stereocenters. The molecule has 19 heavy (non-hydrogen) atoms. The van der Waals surface area contributed by atoms with Crippen LogP contribution in [0.15, 0.2) is 47.6 Å². The Kier molecular flexibility index (Phi) is 3.71. The lowest BCUT2D eigenvalue weighted by Crippen LogP contribution is -2.15. The largest absolute Gasteiger partial charge is 0.387 e. The molecule has 2 N–H and O–H groups in total. The molecule has 0 saturated carbocycles. The lowest BCUT2D eigenvalue weighted by atomic mass is 10.2. The van der Waals surface area contributed by atoms with Crippen LogP contribution in [-0.4, -0.2) is 20.4 Å². The highest BCUT2D eigenvalue weighted by atomic mass is 32.2. The van der Waals surface area contributed by atoms with Crippen LogP contribution in [0, 0.1) is 6.92 Å². The maximum absolute atomic E-state index is 12.3. The number of sulfonamides is 1. The predicted molar refractivity (Wildman–Crippen MR) is 75.8 cm³/mol. The van der Waals surface area contributed by atoms with E-state index in [1.54, 1.807) is 31.3 Å². The van der Waals surface area contributed by atoms with Crippen molar-refractivity contribution in [3.8, 4) is 0 Å². The van der Waals surface area contributed by atoms with Gasteiger partial charge < -0.3 is 5.32 Å². The molecule has 1 heterocycles. The fourth-order valence-electron chi connectivity index (χ4n) is 1.72. The minimum absolute atomic E-state index is 0.124. The molecule has 0 radical (unpaired) electrons. The summed E-state index contributed by atoms with van der Waals surface area (Å²) in [6.07, 6.45) is 2.86. The van der Waals surface area contributed by atoms with Crippen LogP contribution in [0.4, 0.5) is 11.4 Å². The smallest absolute Gasteiger partial charge is 0.265 e. The van der Waals surface area contributed by atoms with Crippen LogP contribution >= 0.6 is 0 Å². The number of nitrogens with one attached hydrogen (secondary N) is 2. The third-order valence-corrected chi connectivity index (χ3v) is 4.02. The standard InChI is InChI=1S/C13H15N3O2S/c1-10-4-3-5-11(8-10)16-19(17,18)13-9-15-7-6-12(13)14-2/h3-9,16H,1-2H3,(H,14,15). The number of rotatable bonds is 4. The van der Waals surface area contributed by atoms with Crippen molar-refractivity contribution in [3.63, 3.8) is 0 Å². The van der Waals surface area contributed by atoms with Gasteiger partial charge in [-0.1, -0.05) is 12.1 Å². The molecule has 2 rings (SSSR count). The van der Waals surface area contributed by atoms with Gasteiger partial charge in [0.15, 0.2) is 0 Å². The molecule has 0 aliphatic carbocycles. The molecule has 100 valence electrons. The summed E-state index contributed by atoms with van der Waals surface area (Å²) in [7, 11) is -1.98. The SMILES string of the molecule is CNc1ccncc1S(=O)(=O)Nc1cccc(C)c1. The molecular formula is C13H15N3O2S. The quantitative estimate of drug-likeness (QED) is 0.899. The summed E-state index contributed by atoms with van der Waals surface area (Å²) < 4.78 is 27.1. The second-order valence-corrected chi connectivity index (χ2v) is 5.75. The number of hydrogen-bond acceptors (Lipinski definition) is 4. The van der Waals surface area contributed by atoms with Gasteiger partial charge in [0.2, 0.25) is 0 Å². The van der Waals surface area contributed by atoms with E-state index in [0.29, 0.717) is 11.4 Å². The first kappa shape index (κ1) is 13.4. The molecule has 2 aromatic rings. The number of nitrogens with zero attached hydrogens (tertiary/aromatic N) is 1. The Hall–Kier alpha value is -2.08. The zero-order valence-electron chi connectivity index (χ0n) is 10.7. The molecule has 0 fully saturated rings. The van der Waals surface area contributed by atoms with Gasteiger partial charge in [0.1, 0.15) is 4.90 Å². The lowest BCUT2D eigenvalue weighted by Gasteiger charge is -2.11. The molecule has 1 aromatic carbocycles. The van der Waals surface area contributed by atoms with E-state index in [1.165, 1.54) is 12.4 Å². The van der Waals surface area contributed by atoms with E-state index < -0.39 is 10.0 Å². The normalized spacial score (nSPS) is 11.1. The summed E-state index contributed by atoms with van der Waals surface area (Å²) in [6.45, 7) is 1.90. The second-order valence-electron chi connectivity index (χ2n) is 4.10. The summed E-state index contributed by atoms with van der Waals surface area (Å²) in [4.78, 5) is 3.98. The highest BCUT2D eigenvalue weighted by Crippen LogP contribution is 2.22. The fraction of sp³-hybridized carbons (Fsp3) is 0.154.